The molecule has 7 heteroatoms. The molecular formula is C14H15F2NO3S. The van der Waals surface area contributed by atoms with Gasteiger partial charge in [-0.25, -0.2) is 13.6 Å². The number of carboxylic acids is 1. The molecule has 114 valence electrons. The van der Waals surface area contributed by atoms with E-state index in [4.69, 9.17) is 5.11 Å². The van der Waals surface area contributed by atoms with Gasteiger partial charge in [0, 0.05) is 11.4 Å². The fourth-order valence-electron chi connectivity index (χ4n) is 2.28. The molecule has 1 atom stereocenters. The van der Waals surface area contributed by atoms with E-state index in [0.29, 0.717) is 17.9 Å². The fourth-order valence-corrected chi connectivity index (χ4v) is 3.09. The van der Waals surface area contributed by atoms with E-state index in [-0.39, 0.29) is 11.7 Å². The van der Waals surface area contributed by atoms with Gasteiger partial charge in [-0.2, -0.15) is 0 Å². The number of amides is 1. The molecule has 1 N–H and O–H groups in total. The number of likely N-dealkylation sites (tertiary alicyclic amines) is 1. The fraction of sp³-hybridized carbons (Fsp3) is 0.429. The summed E-state index contributed by atoms with van der Waals surface area (Å²) < 4.78 is 25.9. The first-order valence-corrected chi connectivity index (χ1v) is 7.57. The first-order valence-electron chi connectivity index (χ1n) is 6.59. The molecule has 2 rings (SSSR count). The van der Waals surface area contributed by atoms with E-state index in [1.54, 1.807) is 0 Å². The van der Waals surface area contributed by atoms with Crippen LogP contribution in [0, 0.1) is 11.6 Å². The Labute approximate surface area is 125 Å². The van der Waals surface area contributed by atoms with Gasteiger partial charge in [-0.3, -0.25) is 4.79 Å². The summed E-state index contributed by atoms with van der Waals surface area (Å²) in [7, 11) is 0. The third kappa shape index (κ3) is 3.93. The molecule has 1 aromatic rings. The first kappa shape index (κ1) is 15.8. The Morgan fingerprint density at radius 3 is 2.71 bits per heavy atom. The molecular weight excluding hydrogens is 300 g/mol. The average molecular weight is 315 g/mol. The zero-order valence-corrected chi connectivity index (χ0v) is 12.0. The van der Waals surface area contributed by atoms with Gasteiger partial charge >= 0.3 is 5.97 Å². The molecule has 1 amide bonds. The standard InChI is InChI=1S/C14H15F2NO3S/c15-10-5-4-9(7-11(10)16)21-8-13(18)17-6-2-1-3-12(17)14(19)20/h4-5,7,12H,1-3,6,8H2,(H,19,20)/t12-/m0/s1. The number of rotatable bonds is 4. The molecule has 1 saturated heterocycles. The number of thioether (sulfide) groups is 1. The van der Waals surface area contributed by atoms with Crippen LogP contribution in [-0.4, -0.2) is 40.2 Å². The van der Waals surface area contributed by atoms with Crippen LogP contribution in [0.1, 0.15) is 19.3 Å². The van der Waals surface area contributed by atoms with Crippen LogP contribution >= 0.6 is 11.8 Å². The third-order valence-electron chi connectivity index (χ3n) is 3.36. The van der Waals surface area contributed by atoms with Gasteiger partial charge in [0.25, 0.3) is 0 Å². The molecule has 0 saturated carbocycles. The van der Waals surface area contributed by atoms with Crippen LogP contribution < -0.4 is 0 Å². The summed E-state index contributed by atoms with van der Waals surface area (Å²) in [6.07, 6.45) is 2.03. The van der Waals surface area contributed by atoms with Crippen LogP contribution in [-0.2, 0) is 9.59 Å². The Morgan fingerprint density at radius 1 is 1.29 bits per heavy atom. The lowest BCUT2D eigenvalue weighted by Gasteiger charge is -2.32. The number of nitrogens with zero attached hydrogens (tertiary/aromatic N) is 1. The van der Waals surface area contributed by atoms with Crippen LogP contribution in [0.15, 0.2) is 23.1 Å². The number of aliphatic carboxylic acids is 1. The summed E-state index contributed by atoms with van der Waals surface area (Å²) in [5.41, 5.74) is 0. The normalized spacial score (nSPS) is 18.6. The monoisotopic (exact) mass is 315 g/mol. The quantitative estimate of drug-likeness (QED) is 0.868. The lowest BCUT2D eigenvalue weighted by Crippen LogP contribution is -2.48. The van der Waals surface area contributed by atoms with E-state index in [2.05, 4.69) is 0 Å². The molecule has 0 unspecified atom stereocenters. The minimum Gasteiger partial charge on any atom is -0.480 e. The highest BCUT2D eigenvalue weighted by Gasteiger charge is 2.31. The number of carbonyl (C=O) groups is 2. The van der Waals surface area contributed by atoms with E-state index in [1.165, 1.54) is 11.0 Å². The van der Waals surface area contributed by atoms with Crippen LogP contribution in [0.2, 0.25) is 0 Å². The van der Waals surface area contributed by atoms with Crippen molar-refractivity contribution in [1.29, 1.82) is 0 Å². The van der Waals surface area contributed by atoms with Crippen molar-refractivity contribution in [1.82, 2.24) is 4.90 Å². The minimum absolute atomic E-state index is 0.00878. The number of carboxylic acid groups (broad SMARTS) is 1. The Hall–Kier alpha value is -1.63. The number of piperidine rings is 1. The largest absolute Gasteiger partial charge is 0.480 e. The number of benzene rings is 1. The molecule has 1 fully saturated rings. The van der Waals surface area contributed by atoms with Crippen molar-refractivity contribution >= 4 is 23.6 Å². The predicted octanol–water partition coefficient (Wildman–Crippen LogP) is 2.52. The molecule has 0 aliphatic carbocycles. The van der Waals surface area contributed by atoms with Gasteiger partial charge in [-0.1, -0.05) is 0 Å². The molecule has 1 aromatic carbocycles. The molecule has 1 aliphatic rings. The zero-order chi connectivity index (χ0) is 15.4. The second-order valence-electron chi connectivity index (χ2n) is 4.80. The van der Waals surface area contributed by atoms with Gasteiger partial charge in [0.1, 0.15) is 6.04 Å². The van der Waals surface area contributed by atoms with Crippen molar-refractivity contribution in [3.05, 3.63) is 29.8 Å². The lowest BCUT2D eigenvalue weighted by atomic mass is 10.0. The molecule has 21 heavy (non-hydrogen) atoms. The Balaban J connectivity index is 1.96. The number of halogens is 2. The average Bonchev–Trinajstić information content (AvgIpc) is 2.48. The third-order valence-corrected chi connectivity index (χ3v) is 4.34. The molecule has 0 aromatic heterocycles. The summed E-state index contributed by atoms with van der Waals surface area (Å²) >= 11 is 1.07. The van der Waals surface area contributed by atoms with Crippen molar-refractivity contribution in [2.24, 2.45) is 0 Å². The van der Waals surface area contributed by atoms with Gasteiger partial charge in [0.05, 0.1) is 5.75 Å². The summed E-state index contributed by atoms with van der Waals surface area (Å²) in [5.74, 6) is -3.19. The van der Waals surface area contributed by atoms with Gasteiger partial charge in [0.2, 0.25) is 5.91 Å². The van der Waals surface area contributed by atoms with Crippen molar-refractivity contribution in [2.75, 3.05) is 12.3 Å². The van der Waals surface area contributed by atoms with Crippen LogP contribution in [0.5, 0.6) is 0 Å². The molecule has 1 aliphatic heterocycles. The van der Waals surface area contributed by atoms with E-state index in [9.17, 15) is 18.4 Å². The molecule has 0 radical (unpaired) electrons. The highest BCUT2D eigenvalue weighted by atomic mass is 32.2. The first-order chi connectivity index (χ1) is 9.99. The summed E-state index contributed by atoms with van der Waals surface area (Å²) in [6.45, 7) is 0.425. The summed E-state index contributed by atoms with van der Waals surface area (Å²) in [6, 6.07) is 2.64. The second-order valence-corrected chi connectivity index (χ2v) is 5.85. The predicted molar refractivity (Wildman–Crippen MR) is 74.1 cm³/mol. The number of hydrogen-bond acceptors (Lipinski definition) is 3. The molecule has 1 heterocycles. The maximum Gasteiger partial charge on any atom is 0.326 e. The van der Waals surface area contributed by atoms with Crippen LogP contribution in [0.4, 0.5) is 8.78 Å². The second kappa shape index (κ2) is 6.89. The lowest BCUT2D eigenvalue weighted by molar-refractivity contribution is -0.150. The zero-order valence-electron chi connectivity index (χ0n) is 11.2. The summed E-state index contributed by atoms with van der Waals surface area (Å²) in [5, 5.41) is 9.12. The van der Waals surface area contributed by atoms with Crippen LogP contribution in [0.25, 0.3) is 0 Å². The number of hydrogen-bond donors (Lipinski definition) is 1. The SMILES string of the molecule is O=C(O)[C@@H]1CCCCN1C(=O)CSc1ccc(F)c(F)c1. The number of carbonyl (C=O) groups excluding carboxylic acids is 1. The molecule has 0 spiro atoms. The van der Waals surface area contributed by atoms with Gasteiger partial charge in [0.15, 0.2) is 11.6 Å². The highest BCUT2D eigenvalue weighted by Crippen LogP contribution is 2.23. The Kier molecular flexibility index (Phi) is 5.17. The minimum atomic E-state index is -0.999. The Bertz CT molecular complexity index is 553. The maximum absolute atomic E-state index is 13.1. The van der Waals surface area contributed by atoms with Crippen molar-refractivity contribution < 1.29 is 23.5 Å². The van der Waals surface area contributed by atoms with Crippen molar-refractivity contribution in [3.63, 3.8) is 0 Å². The maximum atomic E-state index is 13.1. The molecule has 0 bridgehead atoms. The van der Waals surface area contributed by atoms with Gasteiger partial charge in [-0.15, -0.1) is 11.8 Å². The topological polar surface area (TPSA) is 57.6 Å². The van der Waals surface area contributed by atoms with E-state index in [0.717, 1.165) is 36.7 Å². The smallest absolute Gasteiger partial charge is 0.326 e. The van der Waals surface area contributed by atoms with Gasteiger partial charge < -0.3 is 10.0 Å². The van der Waals surface area contributed by atoms with E-state index in [1.807, 2.05) is 0 Å². The molecule has 4 nitrogen and oxygen atoms in total. The van der Waals surface area contributed by atoms with E-state index >= 15 is 0 Å². The van der Waals surface area contributed by atoms with Crippen LogP contribution in [0.3, 0.4) is 0 Å². The highest BCUT2D eigenvalue weighted by molar-refractivity contribution is 8.00. The Morgan fingerprint density at radius 2 is 2.05 bits per heavy atom. The van der Waals surface area contributed by atoms with Gasteiger partial charge in [-0.05, 0) is 37.5 Å². The summed E-state index contributed by atoms with van der Waals surface area (Å²) in [4.78, 5) is 25.0. The van der Waals surface area contributed by atoms with Crippen molar-refractivity contribution in [3.8, 4) is 0 Å². The van der Waals surface area contributed by atoms with E-state index < -0.39 is 23.6 Å². The van der Waals surface area contributed by atoms with Crippen molar-refractivity contribution in [2.45, 2.75) is 30.2 Å².